The molecular formula is C16H22F3N3O2. The Morgan fingerprint density at radius 3 is 2.71 bits per heavy atom. The van der Waals surface area contributed by atoms with Crippen LogP contribution < -0.4 is 10.6 Å². The molecule has 2 atom stereocenters. The third-order valence-electron chi connectivity index (χ3n) is 4.08. The molecule has 2 unspecified atom stereocenters. The summed E-state index contributed by atoms with van der Waals surface area (Å²) in [5.41, 5.74) is -0.858. The van der Waals surface area contributed by atoms with Crippen LogP contribution in [0.15, 0.2) is 18.3 Å². The van der Waals surface area contributed by atoms with Gasteiger partial charge in [0.1, 0.15) is 5.82 Å². The van der Waals surface area contributed by atoms with E-state index in [9.17, 15) is 18.0 Å². The predicted molar refractivity (Wildman–Crippen MR) is 83.6 cm³/mol. The second kappa shape index (κ2) is 8.32. The predicted octanol–water partition coefficient (Wildman–Crippen LogP) is 3.82. The molecule has 0 radical (unpaired) electrons. The molecule has 0 aliphatic heterocycles. The maximum absolute atomic E-state index is 12.4. The van der Waals surface area contributed by atoms with Crippen molar-refractivity contribution in [3.05, 3.63) is 23.9 Å². The zero-order chi connectivity index (χ0) is 17.6. The molecule has 1 aromatic rings. The first-order chi connectivity index (χ1) is 11.4. The number of rotatable bonds is 5. The minimum Gasteiger partial charge on any atom is -0.376 e. The molecule has 2 amide bonds. The lowest BCUT2D eigenvalue weighted by Gasteiger charge is -2.28. The minimum absolute atomic E-state index is 0.0577. The molecule has 8 heteroatoms. The summed E-state index contributed by atoms with van der Waals surface area (Å²) in [7, 11) is 0. The first kappa shape index (κ1) is 18.5. The van der Waals surface area contributed by atoms with Gasteiger partial charge in [0, 0.05) is 12.7 Å². The Bertz CT molecular complexity index is 534. The van der Waals surface area contributed by atoms with Gasteiger partial charge in [-0.1, -0.05) is 19.8 Å². The van der Waals surface area contributed by atoms with Crippen molar-refractivity contribution in [1.29, 1.82) is 0 Å². The zero-order valence-electron chi connectivity index (χ0n) is 13.5. The third-order valence-corrected chi connectivity index (χ3v) is 4.08. The van der Waals surface area contributed by atoms with Crippen LogP contribution in [0.2, 0.25) is 0 Å². The van der Waals surface area contributed by atoms with Crippen LogP contribution in [0.5, 0.6) is 0 Å². The van der Waals surface area contributed by atoms with Crippen molar-refractivity contribution in [1.82, 2.24) is 10.3 Å². The van der Waals surface area contributed by atoms with Gasteiger partial charge >= 0.3 is 12.2 Å². The highest BCUT2D eigenvalue weighted by Gasteiger charge is 2.30. The largest absolute Gasteiger partial charge is 0.417 e. The van der Waals surface area contributed by atoms with Crippen LogP contribution in [0.1, 0.15) is 38.2 Å². The molecule has 1 aliphatic rings. The number of carbonyl (C=O) groups excluding carboxylic acids is 1. The van der Waals surface area contributed by atoms with E-state index in [1.54, 1.807) is 0 Å². The molecule has 1 heterocycles. The van der Waals surface area contributed by atoms with E-state index in [0.717, 1.165) is 25.0 Å². The number of hydrogen-bond acceptors (Lipinski definition) is 3. The molecule has 1 aromatic heterocycles. The van der Waals surface area contributed by atoms with Crippen LogP contribution in [0.25, 0.3) is 0 Å². The second-order valence-corrected chi connectivity index (χ2v) is 5.98. The van der Waals surface area contributed by atoms with Gasteiger partial charge in [-0.15, -0.1) is 0 Å². The fraction of sp³-hybridized carbons (Fsp3) is 0.625. The van der Waals surface area contributed by atoms with E-state index in [-0.39, 0.29) is 11.9 Å². The molecule has 1 fully saturated rings. The van der Waals surface area contributed by atoms with Crippen LogP contribution in [-0.2, 0) is 10.9 Å². The maximum atomic E-state index is 12.4. The monoisotopic (exact) mass is 345 g/mol. The van der Waals surface area contributed by atoms with E-state index < -0.39 is 17.8 Å². The van der Waals surface area contributed by atoms with Gasteiger partial charge in [0.25, 0.3) is 0 Å². The molecule has 134 valence electrons. The quantitative estimate of drug-likeness (QED) is 0.798. The summed E-state index contributed by atoms with van der Waals surface area (Å²) >= 11 is 0. The summed E-state index contributed by atoms with van der Waals surface area (Å²) in [6.07, 6.45) is 1.09. The van der Waals surface area contributed by atoms with Crippen molar-refractivity contribution in [3.8, 4) is 0 Å². The molecule has 5 nitrogen and oxygen atoms in total. The highest BCUT2D eigenvalue weighted by Crippen LogP contribution is 2.29. The summed E-state index contributed by atoms with van der Waals surface area (Å²) in [5, 5.41) is 4.98. The number of aromatic nitrogens is 1. The Hall–Kier alpha value is -1.83. The summed E-state index contributed by atoms with van der Waals surface area (Å²) in [4.78, 5) is 15.2. The maximum Gasteiger partial charge on any atom is 0.417 e. The van der Waals surface area contributed by atoms with Crippen molar-refractivity contribution in [2.45, 2.75) is 44.9 Å². The van der Waals surface area contributed by atoms with Crippen molar-refractivity contribution in [2.75, 3.05) is 18.5 Å². The smallest absolute Gasteiger partial charge is 0.376 e. The molecule has 0 bridgehead atoms. The summed E-state index contributed by atoms with van der Waals surface area (Å²) in [6, 6.07) is 1.46. The number of halogens is 3. The van der Waals surface area contributed by atoms with Gasteiger partial charge in [-0.05, 0) is 30.9 Å². The first-order valence-electron chi connectivity index (χ1n) is 8.06. The summed E-state index contributed by atoms with van der Waals surface area (Å²) in [6.45, 7) is 2.90. The van der Waals surface area contributed by atoms with E-state index in [0.29, 0.717) is 25.3 Å². The summed E-state index contributed by atoms with van der Waals surface area (Å²) < 4.78 is 43.0. The molecule has 2 rings (SSSR count). The highest BCUT2D eigenvalue weighted by atomic mass is 19.4. The van der Waals surface area contributed by atoms with Crippen LogP contribution in [0, 0.1) is 5.92 Å². The van der Waals surface area contributed by atoms with E-state index >= 15 is 0 Å². The van der Waals surface area contributed by atoms with Gasteiger partial charge in [0.15, 0.2) is 0 Å². The molecular weight excluding hydrogens is 323 g/mol. The Labute approximate surface area is 139 Å². The molecule has 24 heavy (non-hydrogen) atoms. The number of nitrogens with one attached hydrogen (secondary N) is 2. The molecule has 0 spiro atoms. The Kier molecular flexibility index (Phi) is 6.42. The van der Waals surface area contributed by atoms with E-state index in [1.807, 2.05) is 0 Å². The van der Waals surface area contributed by atoms with Gasteiger partial charge < -0.3 is 10.1 Å². The number of amides is 2. The standard InChI is InChI=1S/C16H22F3N3O2/c1-11-4-2-3-5-13(11)24-9-8-20-15(23)22-14-7-6-12(10-21-14)16(17,18)19/h6-7,10-11,13H,2-5,8-9H2,1H3,(H2,20,21,22,23). The lowest BCUT2D eigenvalue weighted by molar-refractivity contribution is -0.137. The fourth-order valence-electron chi connectivity index (χ4n) is 2.70. The SMILES string of the molecule is CC1CCCCC1OCCNC(=O)Nc1ccc(C(F)(F)F)cn1. The average molecular weight is 345 g/mol. The van der Waals surface area contributed by atoms with Crippen LogP contribution in [0.4, 0.5) is 23.8 Å². The topological polar surface area (TPSA) is 63.2 Å². The van der Waals surface area contributed by atoms with Crippen molar-refractivity contribution in [2.24, 2.45) is 5.92 Å². The van der Waals surface area contributed by atoms with E-state index in [4.69, 9.17) is 4.74 Å². The van der Waals surface area contributed by atoms with Crippen molar-refractivity contribution in [3.63, 3.8) is 0 Å². The van der Waals surface area contributed by atoms with Crippen molar-refractivity contribution >= 4 is 11.8 Å². The highest BCUT2D eigenvalue weighted by molar-refractivity contribution is 5.88. The van der Waals surface area contributed by atoms with Gasteiger partial charge in [-0.2, -0.15) is 13.2 Å². The van der Waals surface area contributed by atoms with Gasteiger partial charge in [-0.3, -0.25) is 5.32 Å². The number of pyridine rings is 1. The number of alkyl halides is 3. The van der Waals surface area contributed by atoms with E-state index in [1.165, 1.54) is 12.8 Å². The number of nitrogens with zero attached hydrogens (tertiary/aromatic N) is 1. The number of anilines is 1. The average Bonchev–Trinajstić information content (AvgIpc) is 2.53. The lowest BCUT2D eigenvalue weighted by Crippen LogP contribution is -2.34. The van der Waals surface area contributed by atoms with Gasteiger partial charge in [-0.25, -0.2) is 9.78 Å². The summed E-state index contributed by atoms with van der Waals surface area (Å²) in [5.74, 6) is 0.589. The minimum atomic E-state index is -4.44. The Morgan fingerprint density at radius 2 is 2.08 bits per heavy atom. The van der Waals surface area contributed by atoms with Crippen LogP contribution in [0.3, 0.4) is 0 Å². The molecule has 0 saturated heterocycles. The number of hydrogen-bond donors (Lipinski definition) is 2. The fourth-order valence-corrected chi connectivity index (χ4v) is 2.70. The number of ether oxygens (including phenoxy) is 1. The molecule has 0 aromatic carbocycles. The Morgan fingerprint density at radius 1 is 1.33 bits per heavy atom. The van der Waals surface area contributed by atoms with Crippen LogP contribution >= 0.6 is 0 Å². The Balaban J connectivity index is 1.68. The second-order valence-electron chi connectivity index (χ2n) is 5.98. The third kappa shape index (κ3) is 5.67. The first-order valence-corrected chi connectivity index (χ1v) is 8.06. The van der Waals surface area contributed by atoms with Crippen molar-refractivity contribution < 1.29 is 22.7 Å². The van der Waals surface area contributed by atoms with Crippen LogP contribution in [-0.4, -0.2) is 30.3 Å². The van der Waals surface area contributed by atoms with Gasteiger partial charge in [0.2, 0.25) is 0 Å². The van der Waals surface area contributed by atoms with Gasteiger partial charge in [0.05, 0.1) is 18.3 Å². The molecule has 1 aliphatic carbocycles. The molecule has 1 saturated carbocycles. The number of carbonyl (C=O) groups is 1. The normalized spacial score (nSPS) is 21.3. The molecule has 2 N–H and O–H groups in total. The lowest BCUT2D eigenvalue weighted by atomic mass is 9.88. The van der Waals surface area contributed by atoms with E-state index in [2.05, 4.69) is 22.5 Å². The zero-order valence-corrected chi connectivity index (χ0v) is 13.5. The number of urea groups is 1.